The van der Waals surface area contributed by atoms with Gasteiger partial charge in [-0.05, 0) is 6.07 Å². The summed E-state index contributed by atoms with van der Waals surface area (Å²) in [5.41, 5.74) is 0.608. The molecule has 0 aromatic carbocycles. The number of hydrogen-bond acceptors (Lipinski definition) is 5. The second-order valence-electron chi connectivity index (χ2n) is 2.31. The van der Waals surface area contributed by atoms with Crippen LogP contribution >= 0.6 is 0 Å². The fourth-order valence-corrected chi connectivity index (χ4v) is 0.934. The van der Waals surface area contributed by atoms with Crippen molar-refractivity contribution >= 4 is 0 Å². The first-order valence-electron chi connectivity index (χ1n) is 3.68. The zero-order chi connectivity index (χ0) is 9.10. The van der Waals surface area contributed by atoms with Crippen molar-refractivity contribution in [3.8, 4) is 17.5 Å². The lowest BCUT2D eigenvalue weighted by atomic mass is 10.3. The second kappa shape index (κ2) is 3.22. The van der Waals surface area contributed by atoms with Gasteiger partial charge in [-0.15, -0.1) is 0 Å². The van der Waals surface area contributed by atoms with E-state index in [0.29, 0.717) is 17.5 Å². The van der Waals surface area contributed by atoms with Crippen molar-refractivity contribution in [1.82, 2.24) is 15.1 Å². The van der Waals surface area contributed by atoms with E-state index < -0.39 is 0 Å². The molecule has 0 fully saturated rings. The third kappa shape index (κ3) is 1.48. The molecule has 0 radical (unpaired) electrons. The van der Waals surface area contributed by atoms with Crippen LogP contribution in [0.1, 0.15) is 0 Å². The van der Waals surface area contributed by atoms with Crippen LogP contribution in [0.4, 0.5) is 0 Å². The molecule has 0 amide bonds. The zero-order valence-corrected chi connectivity index (χ0v) is 6.97. The molecule has 5 nitrogen and oxygen atoms in total. The van der Waals surface area contributed by atoms with Crippen LogP contribution in [-0.4, -0.2) is 22.2 Å². The van der Waals surface area contributed by atoms with Gasteiger partial charge >= 0.3 is 0 Å². The van der Waals surface area contributed by atoms with Crippen LogP contribution in [0.5, 0.6) is 5.88 Å². The number of pyridine rings is 1. The molecule has 0 unspecified atom stereocenters. The van der Waals surface area contributed by atoms with Crippen molar-refractivity contribution in [2.75, 3.05) is 7.11 Å². The predicted molar refractivity (Wildman–Crippen MR) is 44.1 cm³/mol. The van der Waals surface area contributed by atoms with Crippen LogP contribution in [-0.2, 0) is 0 Å². The van der Waals surface area contributed by atoms with Crippen LogP contribution < -0.4 is 4.74 Å². The van der Waals surface area contributed by atoms with Crippen LogP contribution in [0.15, 0.2) is 29.0 Å². The highest BCUT2D eigenvalue weighted by Crippen LogP contribution is 2.15. The van der Waals surface area contributed by atoms with Gasteiger partial charge in [0.1, 0.15) is 5.69 Å². The minimum Gasteiger partial charge on any atom is -0.481 e. The molecule has 0 spiro atoms. The third-order valence-electron chi connectivity index (χ3n) is 1.51. The van der Waals surface area contributed by atoms with Crippen LogP contribution in [0, 0.1) is 0 Å². The van der Waals surface area contributed by atoms with E-state index in [1.165, 1.54) is 6.33 Å². The maximum atomic E-state index is 4.95. The lowest BCUT2D eigenvalue weighted by Crippen LogP contribution is -1.89. The van der Waals surface area contributed by atoms with Gasteiger partial charge in [0.25, 0.3) is 5.89 Å². The number of methoxy groups -OCH3 is 1. The highest BCUT2D eigenvalue weighted by Gasteiger charge is 2.05. The van der Waals surface area contributed by atoms with Gasteiger partial charge < -0.3 is 9.26 Å². The number of aromatic nitrogens is 3. The Morgan fingerprint density at radius 2 is 2.31 bits per heavy atom. The van der Waals surface area contributed by atoms with E-state index in [1.54, 1.807) is 19.2 Å². The number of hydrogen-bond donors (Lipinski definition) is 0. The Morgan fingerprint density at radius 1 is 1.38 bits per heavy atom. The van der Waals surface area contributed by atoms with Gasteiger partial charge in [-0.25, -0.2) is 4.98 Å². The van der Waals surface area contributed by atoms with Gasteiger partial charge in [-0.3, -0.25) is 0 Å². The van der Waals surface area contributed by atoms with E-state index in [1.807, 2.05) is 6.07 Å². The molecular formula is C8H7N3O2. The molecule has 2 rings (SSSR count). The monoisotopic (exact) mass is 177 g/mol. The molecule has 0 aliphatic rings. The molecule has 2 aromatic rings. The summed E-state index contributed by atoms with van der Waals surface area (Å²) < 4.78 is 9.79. The normalized spacial score (nSPS) is 9.92. The molecule has 0 aliphatic carbocycles. The molecule has 13 heavy (non-hydrogen) atoms. The SMILES string of the molecule is COc1cccc(-c2ncno2)n1. The Labute approximate surface area is 74.4 Å². The highest BCUT2D eigenvalue weighted by atomic mass is 16.5. The van der Waals surface area contributed by atoms with E-state index in [2.05, 4.69) is 15.1 Å². The summed E-state index contributed by atoms with van der Waals surface area (Å²) >= 11 is 0. The van der Waals surface area contributed by atoms with Gasteiger partial charge in [0.2, 0.25) is 5.88 Å². The van der Waals surface area contributed by atoms with E-state index >= 15 is 0 Å². The molecule has 2 heterocycles. The number of rotatable bonds is 2. The molecule has 0 aliphatic heterocycles. The zero-order valence-electron chi connectivity index (χ0n) is 6.97. The summed E-state index contributed by atoms with van der Waals surface area (Å²) in [5.74, 6) is 0.912. The van der Waals surface area contributed by atoms with Crippen molar-refractivity contribution in [2.24, 2.45) is 0 Å². The Morgan fingerprint density at radius 3 is 3.00 bits per heavy atom. The quantitative estimate of drug-likeness (QED) is 0.688. The Balaban J connectivity index is 2.41. The summed E-state index contributed by atoms with van der Waals surface area (Å²) in [6.45, 7) is 0. The molecule has 66 valence electrons. The van der Waals surface area contributed by atoms with Crippen molar-refractivity contribution in [3.05, 3.63) is 24.5 Å². The molecule has 5 heteroatoms. The van der Waals surface area contributed by atoms with Crippen molar-refractivity contribution < 1.29 is 9.26 Å². The highest BCUT2D eigenvalue weighted by molar-refractivity contribution is 5.46. The lowest BCUT2D eigenvalue weighted by Gasteiger charge is -1.98. The Hall–Kier alpha value is -1.91. The van der Waals surface area contributed by atoms with Gasteiger partial charge in [0.05, 0.1) is 7.11 Å². The van der Waals surface area contributed by atoms with Gasteiger partial charge in [-0.1, -0.05) is 11.2 Å². The lowest BCUT2D eigenvalue weighted by molar-refractivity contribution is 0.395. The van der Waals surface area contributed by atoms with E-state index in [9.17, 15) is 0 Å². The Kier molecular flexibility index (Phi) is 1.91. The minimum absolute atomic E-state index is 0.388. The largest absolute Gasteiger partial charge is 0.481 e. The molecule has 0 bridgehead atoms. The maximum Gasteiger partial charge on any atom is 0.276 e. The standard InChI is InChI=1S/C8H7N3O2/c1-12-7-4-2-3-6(11-7)8-9-5-10-13-8/h2-5H,1H3. The third-order valence-corrected chi connectivity index (χ3v) is 1.51. The number of nitrogens with zero attached hydrogens (tertiary/aromatic N) is 3. The maximum absolute atomic E-state index is 4.95. The predicted octanol–water partition coefficient (Wildman–Crippen LogP) is 1.14. The fourth-order valence-electron chi connectivity index (χ4n) is 0.934. The van der Waals surface area contributed by atoms with E-state index in [0.717, 1.165) is 0 Å². The van der Waals surface area contributed by atoms with Crippen molar-refractivity contribution in [2.45, 2.75) is 0 Å². The molecule has 0 atom stereocenters. The first kappa shape index (κ1) is 7.72. The fraction of sp³-hybridized carbons (Fsp3) is 0.125. The van der Waals surface area contributed by atoms with E-state index in [-0.39, 0.29) is 0 Å². The Bertz CT molecular complexity index is 386. The average molecular weight is 177 g/mol. The van der Waals surface area contributed by atoms with Crippen molar-refractivity contribution in [1.29, 1.82) is 0 Å². The van der Waals surface area contributed by atoms with Crippen LogP contribution in [0.3, 0.4) is 0 Å². The first-order chi connectivity index (χ1) is 6.40. The van der Waals surface area contributed by atoms with E-state index in [4.69, 9.17) is 9.26 Å². The van der Waals surface area contributed by atoms with Crippen molar-refractivity contribution in [3.63, 3.8) is 0 Å². The minimum atomic E-state index is 0.388. The average Bonchev–Trinajstić information content (AvgIpc) is 2.71. The summed E-state index contributed by atoms with van der Waals surface area (Å²) in [6.07, 6.45) is 1.33. The first-order valence-corrected chi connectivity index (χ1v) is 3.68. The van der Waals surface area contributed by atoms with Gasteiger partial charge in [-0.2, -0.15) is 4.98 Å². The topological polar surface area (TPSA) is 61.0 Å². The summed E-state index contributed by atoms with van der Waals surface area (Å²) in [6, 6.07) is 5.33. The molecule has 0 saturated heterocycles. The van der Waals surface area contributed by atoms with Gasteiger partial charge in [0, 0.05) is 6.07 Å². The molecule has 2 aromatic heterocycles. The summed E-state index contributed by atoms with van der Waals surface area (Å²) in [7, 11) is 1.56. The van der Waals surface area contributed by atoms with Gasteiger partial charge in [0.15, 0.2) is 6.33 Å². The summed E-state index contributed by atoms with van der Waals surface area (Å²) in [4.78, 5) is 7.98. The molecular weight excluding hydrogens is 170 g/mol. The molecule has 0 saturated carbocycles. The number of ether oxygens (including phenoxy) is 1. The second-order valence-corrected chi connectivity index (χ2v) is 2.31. The summed E-state index contributed by atoms with van der Waals surface area (Å²) in [5, 5.41) is 3.49. The van der Waals surface area contributed by atoms with Crippen LogP contribution in [0.25, 0.3) is 11.6 Å². The van der Waals surface area contributed by atoms with Crippen LogP contribution in [0.2, 0.25) is 0 Å². The smallest absolute Gasteiger partial charge is 0.276 e. The molecule has 0 N–H and O–H groups in total.